The molecule has 2 aromatic rings. The summed E-state index contributed by atoms with van der Waals surface area (Å²) in [6.07, 6.45) is 1.00. The minimum atomic E-state index is -0.0145. The van der Waals surface area contributed by atoms with E-state index in [0.717, 1.165) is 16.5 Å². The first-order valence-corrected chi connectivity index (χ1v) is 7.59. The Kier molecular flexibility index (Phi) is 3.58. The number of halogens is 1. The maximum Gasteiger partial charge on any atom is 0.266 e. The average Bonchev–Trinajstić information content (AvgIpc) is 3.04. The number of carbonyl (C=O) groups is 1. The van der Waals surface area contributed by atoms with Gasteiger partial charge in [-0.1, -0.05) is 11.6 Å². The molecule has 1 aliphatic rings. The van der Waals surface area contributed by atoms with E-state index in [2.05, 4.69) is 0 Å². The molecule has 2 heterocycles. The van der Waals surface area contributed by atoms with Gasteiger partial charge in [-0.05, 0) is 24.6 Å². The molecule has 0 spiro atoms. The Balaban J connectivity index is 1.94. The molecule has 4 nitrogen and oxygen atoms in total. The first-order valence-electron chi connectivity index (χ1n) is 6.39. The van der Waals surface area contributed by atoms with Gasteiger partial charge < -0.3 is 15.4 Å². The molecule has 3 rings (SSSR count). The predicted molar refractivity (Wildman–Crippen MR) is 82.6 cm³/mol. The number of hydrogen-bond acceptors (Lipinski definition) is 4. The Morgan fingerprint density at radius 2 is 2.35 bits per heavy atom. The number of amides is 1. The van der Waals surface area contributed by atoms with Crippen molar-refractivity contribution in [3.05, 3.63) is 28.1 Å². The van der Waals surface area contributed by atoms with Crippen LogP contribution in [0.4, 0.5) is 5.69 Å². The number of nitrogens with two attached hydrogens (primary N) is 1. The van der Waals surface area contributed by atoms with E-state index < -0.39 is 0 Å². The second kappa shape index (κ2) is 5.24. The van der Waals surface area contributed by atoms with Crippen LogP contribution in [-0.4, -0.2) is 37.1 Å². The molecule has 6 heteroatoms. The number of carbonyl (C=O) groups excluding carboxylic acids is 1. The topological polar surface area (TPSA) is 55.6 Å². The van der Waals surface area contributed by atoms with E-state index in [4.69, 9.17) is 22.1 Å². The summed E-state index contributed by atoms with van der Waals surface area (Å²) < 4.78 is 6.28. The van der Waals surface area contributed by atoms with Crippen LogP contribution in [0.2, 0.25) is 5.02 Å². The fourth-order valence-corrected chi connectivity index (χ4v) is 3.74. The van der Waals surface area contributed by atoms with E-state index in [1.54, 1.807) is 18.1 Å². The monoisotopic (exact) mass is 310 g/mol. The molecule has 106 valence electrons. The third kappa shape index (κ3) is 2.26. The lowest BCUT2D eigenvalue weighted by Gasteiger charge is -2.15. The number of ether oxygens (including phenoxy) is 1. The molecule has 2 N–H and O–H groups in total. The van der Waals surface area contributed by atoms with E-state index in [9.17, 15) is 4.79 Å². The molecule has 0 radical (unpaired) electrons. The van der Waals surface area contributed by atoms with Gasteiger partial charge >= 0.3 is 0 Å². The molecule has 0 bridgehead atoms. The van der Waals surface area contributed by atoms with Crippen LogP contribution in [0.1, 0.15) is 16.1 Å². The van der Waals surface area contributed by atoms with Crippen LogP contribution in [-0.2, 0) is 4.74 Å². The molecule has 1 saturated heterocycles. The van der Waals surface area contributed by atoms with Crippen LogP contribution in [0.3, 0.4) is 0 Å². The highest BCUT2D eigenvalue weighted by molar-refractivity contribution is 7.21. The van der Waals surface area contributed by atoms with Crippen LogP contribution in [0.25, 0.3) is 10.1 Å². The number of methoxy groups -OCH3 is 1. The highest BCUT2D eigenvalue weighted by atomic mass is 35.5. The van der Waals surface area contributed by atoms with E-state index in [1.807, 2.05) is 12.1 Å². The van der Waals surface area contributed by atoms with Crippen LogP contribution >= 0.6 is 22.9 Å². The van der Waals surface area contributed by atoms with E-state index >= 15 is 0 Å². The summed E-state index contributed by atoms with van der Waals surface area (Å²) in [6.45, 7) is 1.34. The number of thiophene rings is 1. The molecular formula is C14H15ClN2O2S. The van der Waals surface area contributed by atoms with Crippen molar-refractivity contribution >= 4 is 44.6 Å². The minimum absolute atomic E-state index is 0.0145. The van der Waals surface area contributed by atoms with Crippen molar-refractivity contribution in [2.75, 3.05) is 25.9 Å². The van der Waals surface area contributed by atoms with Gasteiger partial charge in [0.1, 0.15) is 4.88 Å². The Labute approximate surface area is 126 Å². The van der Waals surface area contributed by atoms with Gasteiger partial charge in [-0.3, -0.25) is 4.79 Å². The summed E-state index contributed by atoms with van der Waals surface area (Å²) in [7, 11) is 1.68. The molecule has 0 saturated carbocycles. The van der Waals surface area contributed by atoms with Gasteiger partial charge in [0.25, 0.3) is 5.91 Å². The van der Waals surface area contributed by atoms with Crippen LogP contribution < -0.4 is 5.73 Å². The van der Waals surface area contributed by atoms with Gasteiger partial charge in [-0.2, -0.15) is 0 Å². The zero-order valence-corrected chi connectivity index (χ0v) is 12.6. The molecule has 1 aromatic heterocycles. The molecule has 1 atom stereocenters. The predicted octanol–water partition coefficient (Wildman–Crippen LogP) is 3.00. The van der Waals surface area contributed by atoms with Crippen molar-refractivity contribution in [1.29, 1.82) is 0 Å². The number of anilines is 1. The SMILES string of the molecule is COC1CCN(C(=O)c2sc3ccc(Cl)cc3c2N)C1. The number of hydrogen-bond donors (Lipinski definition) is 1. The van der Waals surface area contributed by atoms with Crippen LogP contribution in [0.5, 0.6) is 0 Å². The summed E-state index contributed by atoms with van der Waals surface area (Å²) in [4.78, 5) is 15.0. The smallest absolute Gasteiger partial charge is 0.266 e. The van der Waals surface area contributed by atoms with E-state index in [0.29, 0.717) is 28.7 Å². The highest BCUT2D eigenvalue weighted by Gasteiger charge is 2.29. The second-order valence-corrected chi connectivity index (χ2v) is 6.37. The first kappa shape index (κ1) is 13.7. The third-order valence-corrected chi connectivity index (χ3v) is 5.06. The Hall–Kier alpha value is -1.30. The lowest BCUT2D eigenvalue weighted by atomic mass is 10.2. The fraction of sp³-hybridized carbons (Fsp3) is 0.357. The number of benzene rings is 1. The Morgan fingerprint density at radius 1 is 1.55 bits per heavy atom. The standard InChI is InChI=1S/C14H15ClN2O2S/c1-19-9-4-5-17(7-9)14(18)13-12(16)10-6-8(15)2-3-11(10)20-13/h2-3,6,9H,4-5,7,16H2,1H3. The van der Waals surface area contributed by atoms with Crippen LogP contribution in [0.15, 0.2) is 18.2 Å². The zero-order chi connectivity index (χ0) is 14.3. The normalized spacial score (nSPS) is 18.9. The quantitative estimate of drug-likeness (QED) is 0.927. The summed E-state index contributed by atoms with van der Waals surface area (Å²) in [5.74, 6) is -0.0145. The first-order chi connectivity index (χ1) is 9.60. The Morgan fingerprint density at radius 3 is 3.05 bits per heavy atom. The van der Waals surface area contributed by atoms with Crippen molar-refractivity contribution in [3.8, 4) is 0 Å². The van der Waals surface area contributed by atoms with E-state index in [-0.39, 0.29) is 12.0 Å². The summed E-state index contributed by atoms with van der Waals surface area (Å²) in [5.41, 5.74) is 6.64. The summed E-state index contributed by atoms with van der Waals surface area (Å²) >= 11 is 7.40. The van der Waals surface area contributed by atoms with Crippen LogP contribution in [0, 0.1) is 0 Å². The maximum absolute atomic E-state index is 12.6. The molecule has 1 unspecified atom stereocenters. The third-order valence-electron chi connectivity index (χ3n) is 3.65. The highest BCUT2D eigenvalue weighted by Crippen LogP contribution is 2.36. The summed E-state index contributed by atoms with van der Waals surface area (Å²) in [6, 6.07) is 5.52. The molecule has 1 aromatic carbocycles. The second-order valence-electron chi connectivity index (χ2n) is 4.88. The van der Waals surface area contributed by atoms with Gasteiger partial charge in [0.15, 0.2) is 0 Å². The van der Waals surface area contributed by atoms with Gasteiger partial charge in [0.2, 0.25) is 0 Å². The van der Waals surface area contributed by atoms with E-state index in [1.165, 1.54) is 11.3 Å². The molecule has 0 aliphatic carbocycles. The van der Waals surface area contributed by atoms with Crippen molar-refractivity contribution in [2.24, 2.45) is 0 Å². The number of nitrogen functional groups attached to an aromatic ring is 1. The Bertz CT molecular complexity index is 670. The van der Waals surface area contributed by atoms with Gasteiger partial charge in [0, 0.05) is 35.3 Å². The molecule has 1 fully saturated rings. The minimum Gasteiger partial charge on any atom is -0.397 e. The maximum atomic E-state index is 12.6. The largest absolute Gasteiger partial charge is 0.397 e. The molecule has 1 amide bonds. The summed E-state index contributed by atoms with van der Waals surface area (Å²) in [5, 5.41) is 1.48. The molecule has 20 heavy (non-hydrogen) atoms. The van der Waals surface area contributed by atoms with Gasteiger partial charge in [0.05, 0.1) is 11.8 Å². The van der Waals surface area contributed by atoms with Crippen molar-refractivity contribution < 1.29 is 9.53 Å². The van der Waals surface area contributed by atoms with Gasteiger partial charge in [-0.15, -0.1) is 11.3 Å². The number of rotatable bonds is 2. The number of likely N-dealkylation sites (tertiary alicyclic amines) is 1. The number of nitrogens with zero attached hydrogens (tertiary/aromatic N) is 1. The van der Waals surface area contributed by atoms with Crippen molar-refractivity contribution in [1.82, 2.24) is 4.90 Å². The molecular weight excluding hydrogens is 296 g/mol. The lowest BCUT2D eigenvalue weighted by molar-refractivity contribution is 0.0729. The lowest BCUT2D eigenvalue weighted by Crippen LogP contribution is -2.29. The van der Waals surface area contributed by atoms with Gasteiger partial charge in [-0.25, -0.2) is 0 Å². The van der Waals surface area contributed by atoms with Crippen molar-refractivity contribution in [2.45, 2.75) is 12.5 Å². The molecule has 1 aliphatic heterocycles. The van der Waals surface area contributed by atoms with Crippen molar-refractivity contribution in [3.63, 3.8) is 0 Å². The zero-order valence-electron chi connectivity index (χ0n) is 11.1. The fourth-order valence-electron chi connectivity index (χ4n) is 2.50. The average molecular weight is 311 g/mol. The number of fused-ring (bicyclic) bond motifs is 1.